The molecule has 2 fully saturated rings. The summed E-state index contributed by atoms with van der Waals surface area (Å²) in [5, 5.41) is 14.0. The lowest BCUT2D eigenvalue weighted by Gasteiger charge is -2.33. The predicted octanol–water partition coefficient (Wildman–Crippen LogP) is 2.21. The van der Waals surface area contributed by atoms with Gasteiger partial charge in [0.2, 0.25) is 5.91 Å². The van der Waals surface area contributed by atoms with Gasteiger partial charge in [0.15, 0.2) is 0 Å². The summed E-state index contributed by atoms with van der Waals surface area (Å²) in [5.41, 5.74) is 0.981. The van der Waals surface area contributed by atoms with Crippen LogP contribution in [-0.4, -0.2) is 28.3 Å². The smallest absolute Gasteiger partial charge is 0.269 e. The molecule has 3 rings (SSSR count). The van der Waals surface area contributed by atoms with Crippen LogP contribution >= 0.6 is 0 Å². The van der Waals surface area contributed by atoms with E-state index in [4.69, 9.17) is 0 Å². The average molecular weight is 289 g/mol. The minimum atomic E-state index is -0.409. The van der Waals surface area contributed by atoms with E-state index in [0.717, 1.165) is 24.8 Å². The first kappa shape index (κ1) is 14.0. The van der Waals surface area contributed by atoms with E-state index in [0.29, 0.717) is 12.5 Å². The zero-order chi connectivity index (χ0) is 15.0. The van der Waals surface area contributed by atoms with Crippen LogP contribution in [0.25, 0.3) is 0 Å². The Balaban J connectivity index is 1.86. The van der Waals surface area contributed by atoms with Gasteiger partial charge in [0.1, 0.15) is 6.17 Å². The number of nitrogens with one attached hydrogen (secondary N) is 1. The molecule has 1 saturated heterocycles. The minimum Gasteiger partial charge on any atom is -0.319 e. The van der Waals surface area contributed by atoms with Crippen LogP contribution in [0, 0.1) is 16.0 Å². The number of nitro benzene ring substituents is 1. The Morgan fingerprint density at radius 3 is 2.57 bits per heavy atom. The van der Waals surface area contributed by atoms with Gasteiger partial charge in [-0.2, -0.15) is 0 Å². The van der Waals surface area contributed by atoms with E-state index in [2.05, 4.69) is 12.2 Å². The van der Waals surface area contributed by atoms with Gasteiger partial charge >= 0.3 is 0 Å². The summed E-state index contributed by atoms with van der Waals surface area (Å²) in [7, 11) is 0. The molecule has 112 valence electrons. The zero-order valence-electron chi connectivity index (χ0n) is 12.0. The lowest BCUT2D eigenvalue weighted by Crippen LogP contribution is -2.41. The third-order valence-corrected chi connectivity index (χ3v) is 4.61. The molecule has 0 spiro atoms. The Bertz CT molecular complexity index is 558. The molecule has 1 heterocycles. The first-order chi connectivity index (χ1) is 10.1. The van der Waals surface area contributed by atoms with Crippen molar-refractivity contribution in [1.29, 1.82) is 0 Å². The highest BCUT2D eigenvalue weighted by Gasteiger charge is 2.40. The van der Waals surface area contributed by atoms with Gasteiger partial charge < -0.3 is 4.90 Å². The van der Waals surface area contributed by atoms with E-state index >= 15 is 0 Å². The fourth-order valence-electron chi connectivity index (χ4n) is 3.49. The van der Waals surface area contributed by atoms with Gasteiger partial charge in [0, 0.05) is 18.2 Å². The molecule has 1 N–H and O–H groups in total. The number of nitro groups is 1. The van der Waals surface area contributed by atoms with Crippen molar-refractivity contribution in [3.05, 3.63) is 39.9 Å². The molecule has 1 aromatic carbocycles. The van der Waals surface area contributed by atoms with E-state index in [9.17, 15) is 14.9 Å². The van der Waals surface area contributed by atoms with Gasteiger partial charge in [0.25, 0.3) is 5.69 Å². The van der Waals surface area contributed by atoms with Crippen LogP contribution < -0.4 is 5.32 Å². The molecular formula is C15H19N3O3. The summed E-state index contributed by atoms with van der Waals surface area (Å²) < 4.78 is 0. The predicted molar refractivity (Wildman–Crippen MR) is 77.5 cm³/mol. The number of hydrogen-bond donors (Lipinski definition) is 1. The fourth-order valence-corrected chi connectivity index (χ4v) is 3.49. The first-order valence-electron chi connectivity index (χ1n) is 7.37. The molecule has 21 heavy (non-hydrogen) atoms. The van der Waals surface area contributed by atoms with Crippen LogP contribution in [-0.2, 0) is 4.79 Å². The van der Waals surface area contributed by atoms with Crippen molar-refractivity contribution >= 4 is 11.6 Å². The first-order valence-corrected chi connectivity index (χ1v) is 7.37. The number of non-ortho nitro benzene ring substituents is 1. The molecule has 1 aromatic rings. The normalized spacial score (nSPS) is 29.1. The highest BCUT2D eigenvalue weighted by Crippen LogP contribution is 2.36. The highest BCUT2D eigenvalue weighted by molar-refractivity contribution is 5.81. The van der Waals surface area contributed by atoms with Crippen LogP contribution in [0.2, 0.25) is 0 Å². The maximum absolute atomic E-state index is 12.2. The fraction of sp³-hybridized carbons (Fsp3) is 0.533. The molecule has 6 nitrogen and oxygen atoms in total. The van der Waals surface area contributed by atoms with Gasteiger partial charge in [-0.25, -0.2) is 0 Å². The quantitative estimate of drug-likeness (QED) is 0.684. The summed E-state index contributed by atoms with van der Waals surface area (Å²) >= 11 is 0. The number of amides is 1. The number of hydrogen-bond acceptors (Lipinski definition) is 4. The summed E-state index contributed by atoms with van der Waals surface area (Å²) in [6.07, 6.45) is 3.19. The van der Waals surface area contributed by atoms with E-state index in [1.165, 1.54) is 12.1 Å². The van der Waals surface area contributed by atoms with Crippen LogP contribution in [0.5, 0.6) is 0 Å². The minimum absolute atomic E-state index is 0.0730. The molecule has 2 aliphatic rings. The van der Waals surface area contributed by atoms with Crippen molar-refractivity contribution in [2.45, 2.75) is 38.4 Å². The summed E-state index contributed by atoms with van der Waals surface area (Å²) in [6, 6.07) is 6.74. The van der Waals surface area contributed by atoms with Crippen LogP contribution in [0.1, 0.15) is 37.9 Å². The zero-order valence-corrected chi connectivity index (χ0v) is 12.0. The second-order valence-electron chi connectivity index (χ2n) is 5.91. The Kier molecular flexibility index (Phi) is 3.63. The van der Waals surface area contributed by atoms with Gasteiger partial charge in [-0.15, -0.1) is 0 Å². The van der Waals surface area contributed by atoms with E-state index in [1.54, 1.807) is 12.1 Å². The van der Waals surface area contributed by atoms with Crippen LogP contribution in [0.3, 0.4) is 0 Å². The molecule has 0 radical (unpaired) electrons. The van der Waals surface area contributed by atoms with Crippen LogP contribution in [0.15, 0.2) is 24.3 Å². The Morgan fingerprint density at radius 2 is 2.00 bits per heavy atom. The number of carbonyl (C=O) groups excluding carboxylic acids is 1. The maximum atomic E-state index is 12.2. The second-order valence-corrected chi connectivity index (χ2v) is 5.91. The molecule has 0 bridgehead atoms. The summed E-state index contributed by atoms with van der Waals surface area (Å²) in [6.45, 7) is 2.53. The lowest BCUT2D eigenvalue weighted by molar-refractivity contribution is -0.384. The number of benzene rings is 1. The van der Waals surface area contributed by atoms with Crippen molar-refractivity contribution in [1.82, 2.24) is 10.2 Å². The van der Waals surface area contributed by atoms with Crippen molar-refractivity contribution in [2.24, 2.45) is 5.92 Å². The Hall–Kier alpha value is -1.95. The molecule has 1 aliphatic heterocycles. The Labute approximate surface area is 123 Å². The van der Waals surface area contributed by atoms with Crippen molar-refractivity contribution in [3.63, 3.8) is 0 Å². The standard InChI is InChI=1S/C15H19N3O3/c1-10-3-2-4-13(10)17-14(19)9-16-15(17)11-5-7-12(8-6-11)18(20)21/h5-8,10,13,15-16H,2-4,9H2,1H3. The molecule has 3 unspecified atom stereocenters. The van der Waals surface area contributed by atoms with E-state index in [1.807, 2.05) is 4.90 Å². The third kappa shape index (κ3) is 2.51. The largest absolute Gasteiger partial charge is 0.319 e. The summed E-state index contributed by atoms with van der Waals surface area (Å²) in [5.74, 6) is 0.631. The van der Waals surface area contributed by atoms with Crippen molar-refractivity contribution in [2.75, 3.05) is 6.54 Å². The van der Waals surface area contributed by atoms with Gasteiger partial charge in [-0.1, -0.05) is 13.3 Å². The lowest BCUT2D eigenvalue weighted by atomic mass is 10.0. The number of nitrogens with zero attached hydrogens (tertiary/aromatic N) is 2. The topological polar surface area (TPSA) is 75.5 Å². The monoisotopic (exact) mass is 289 g/mol. The molecule has 6 heteroatoms. The molecule has 1 aliphatic carbocycles. The number of rotatable bonds is 3. The molecule has 0 aromatic heterocycles. The van der Waals surface area contributed by atoms with Gasteiger partial charge in [0.05, 0.1) is 11.5 Å². The maximum Gasteiger partial charge on any atom is 0.269 e. The molecule has 3 atom stereocenters. The average Bonchev–Trinajstić information content (AvgIpc) is 3.04. The molecular weight excluding hydrogens is 270 g/mol. The van der Waals surface area contributed by atoms with Gasteiger partial charge in [-0.3, -0.25) is 20.2 Å². The third-order valence-electron chi connectivity index (χ3n) is 4.61. The SMILES string of the molecule is CC1CCCC1N1C(=O)CNC1c1ccc([N+](=O)[O-])cc1. The van der Waals surface area contributed by atoms with Crippen molar-refractivity contribution < 1.29 is 9.72 Å². The van der Waals surface area contributed by atoms with E-state index in [-0.39, 0.29) is 23.8 Å². The van der Waals surface area contributed by atoms with Gasteiger partial charge in [-0.05, 0) is 36.5 Å². The van der Waals surface area contributed by atoms with Crippen molar-refractivity contribution in [3.8, 4) is 0 Å². The Morgan fingerprint density at radius 1 is 1.29 bits per heavy atom. The summed E-state index contributed by atoms with van der Waals surface area (Å²) in [4.78, 5) is 24.5. The second kappa shape index (κ2) is 5.44. The number of carbonyl (C=O) groups is 1. The van der Waals surface area contributed by atoms with E-state index < -0.39 is 4.92 Å². The molecule has 1 amide bonds. The molecule has 1 saturated carbocycles. The highest BCUT2D eigenvalue weighted by atomic mass is 16.6. The van der Waals surface area contributed by atoms with Crippen LogP contribution in [0.4, 0.5) is 5.69 Å².